The van der Waals surface area contributed by atoms with Crippen LogP contribution in [0.1, 0.15) is 41.9 Å². The van der Waals surface area contributed by atoms with Crippen molar-refractivity contribution in [3.05, 3.63) is 75.5 Å². The lowest BCUT2D eigenvalue weighted by molar-refractivity contribution is -0.119. The molecule has 0 saturated carbocycles. The van der Waals surface area contributed by atoms with Crippen LogP contribution in [0.3, 0.4) is 0 Å². The summed E-state index contributed by atoms with van der Waals surface area (Å²) in [5, 5.41) is 5.85. The number of hydrogen-bond donors (Lipinski definition) is 3. The van der Waals surface area contributed by atoms with Gasteiger partial charge in [-0.1, -0.05) is 37.3 Å². The molecular formula is C23H28N6O2. The predicted octanol–water partition coefficient (Wildman–Crippen LogP) is 2.68. The number of anilines is 2. The second-order valence-corrected chi connectivity index (χ2v) is 7.40. The summed E-state index contributed by atoms with van der Waals surface area (Å²) in [5.41, 5.74) is 9.29. The fraction of sp³-hybridized carbons (Fsp3) is 0.304. The van der Waals surface area contributed by atoms with Crippen molar-refractivity contribution < 1.29 is 4.79 Å². The number of nitrogen functional groups attached to an aromatic ring is 1. The lowest BCUT2D eigenvalue weighted by Crippen LogP contribution is -2.28. The third-order valence-corrected chi connectivity index (χ3v) is 5.23. The van der Waals surface area contributed by atoms with Crippen LogP contribution in [0, 0.1) is 13.8 Å². The molecule has 3 aromatic rings. The molecule has 8 nitrogen and oxygen atoms in total. The van der Waals surface area contributed by atoms with Gasteiger partial charge in [0.1, 0.15) is 0 Å². The standard InChI is InChI=1S/C23H28N6O2/c1-5-19(16-9-7-6-8-10-16)28-21-23(31)29(14(2)13-26-21)22-18(24)11-17(15(3)27-22)12-20(30)25-4/h6-11,13,19H,5,12,24H2,1-4H3,(H,25,30)(H,26,28). The number of carbonyl (C=O) groups excluding carboxylic acids is 1. The molecule has 0 fully saturated rings. The first-order valence-corrected chi connectivity index (χ1v) is 10.2. The van der Waals surface area contributed by atoms with Crippen LogP contribution in [0.4, 0.5) is 11.5 Å². The average molecular weight is 421 g/mol. The largest absolute Gasteiger partial charge is 0.396 e. The maximum atomic E-state index is 13.3. The molecule has 0 bridgehead atoms. The van der Waals surface area contributed by atoms with Crippen LogP contribution in [0.15, 0.2) is 47.4 Å². The monoisotopic (exact) mass is 420 g/mol. The summed E-state index contributed by atoms with van der Waals surface area (Å²) >= 11 is 0. The highest BCUT2D eigenvalue weighted by Crippen LogP contribution is 2.22. The zero-order valence-corrected chi connectivity index (χ0v) is 18.3. The van der Waals surface area contributed by atoms with Gasteiger partial charge >= 0.3 is 0 Å². The van der Waals surface area contributed by atoms with Crippen molar-refractivity contribution in [2.75, 3.05) is 18.1 Å². The summed E-state index contributed by atoms with van der Waals surface area (Å²) < 4.78 is 1.46. The van der Waals surface area contributed by atoms with Crippen LogP contribution >= 0.6 is 0 Å². The number of nitrogens with one attached hydrogen (secondary N) is 2. The molecule has 1 atom stereocenters. The lowest BCUT2D eigenvalue weighted by Gasteiger charge is -2.19. The quantitative estimate of drug-likeness (QED) is 0.541. The van der Waals surface area contributed by atoms with Crippen molar-refractivity contribution in [3.8, 4) is 5.82 Å². The van der Waals surface area contributed by atoms with E-state index < -0.39 is 0 Å². The van der Waals surface area contributed by atoms with Crippen LogP contribution in [0.5, 0.6) is 0 Å². The maximum Gasteiger partial charge on any atom is 0.299 e. The Labute approximate surface area is 181 Å². The van der Waals surface area contributed by atoms with Gasteiger partial charge in [-0.25, -0.2) is 9.97 Å². The molecule has 1 unspecified atom stereocenters. The Morgan fingerprint density at radius 3 is 2.58 bits per heavy atom. The Hall–Kier alpha value is -3.68. The first kappa shape index (κ1) is 22.0. The maximum absolute atomic E-state index is 13.3. The second kappa shape index (κ2) is 9.42. The number of pyridine rings is 1. The molecule has 8 heteroatoms. The number of nitrogens with zero attached hydrogens (tertiary/aromatic N) is 3. The van der Waals surface area contributed by atoms with Crippen LogP contribution in [-0.2, 0) is 11.2 Å². The first-order chi connectivity index (χ1) is 14.8. The molecule has 1 amide bonds. The highest BCUT2D eigenvalue weighted by molar-refractivity contribution is 5.79. The van der Waals surface area contributed by atoms with Crippen molar-refractivity contribution in [1.82, 2.24) is 19.9 Å². The van der Waals surface area contributed by atoms with E-state index in [9.17, 15) is 9.59 Å². The van der Waals surface area contributed by atoms with E-state index in [2.05, 4.69) is 20.6 Å². The Morgan fingerprint density at radius 1 is 1.23 bits per heavy atom. The van der Waals surface area contributed by atoms with Crippen LogP contribution < -0.4 is 21.9 Å². The van der Waals surface area contributed by atoms with Crippen molar-refractivity contribution >= 4 is 17.4 Å². The Balaban J connectivity index is 2.02. The number of carbonyl (C=O) groups is 1. The van der Waals surface area contributed by atoms with Gasteiger partial charge < -0.3 is 16.4 Å². The van der Waals surface area contributed by atoms with Gasteiger partial charge in [0, 0.05) is 24.6 Å². The molecule has 0 saturated heterocycles. The van der Waals surface area contributed by atoms with Crippen LogP contribution in [0.2, 0.25) is 0 Å². The molecule has 0 aliphatic carbocycles. The third-order valence-electron chi connectivity index (χ3n) is 5.23. The SMILES string of the molecule is CCC(Nc1ncc(C)n(-c2nc(C)c(CC(=O)NC)cc2N)c1=O)c1ccccc1. The number of likely N-dealkylation sites (N-methyl/N-ethyl adjacent to an activating group) is 1. The van der Waals surface area contributed by atoms with Crippen LogP contribution in [0.25, 0.3) is 5.82 Å². The molecule has 1 aromatic carbocycles. The predicted molar refractivity (Wildman–Crippen MR) is 122 cm³/mol. The Bertz CT molecular complexity index is 1140. The molecule has 0 aliphatic rings. The molecule has 0 spiro atoms. The van der Waals surface area contributed by atoms with E-state index >= 15 is 0 Å². The molecule has 0 aliphatic heterocycles. The fourth-order valence-corrected chi connectivity index (χ4v) is 3.44. The Morgan fingerprint density at radius 2 is 1.94 bits per heavy atom. The number of rotatable bonds is 7. The fourth-order valence-electron chi connectivity index (χ4n) is 3.44. The van der Waals surface area contributed by atoms with E-state index in [0.29, 0.717) is 28.5 Å². The van der Waals surface area contributed by atoms with E-state index in [1.165, 1.54) is 4.57 Å². The topological polar surface area (TPSA) is 115 Å². The summed E-state index contributed by atoms with van der Waals surface area (Å²) in [7, 11) is 1.58. The van der Waals surface area contributed by atoms with E-state index in [1.54, 1.807) is 33.2 Å². The van der Waals surface area contributed by atoms with Crippen molar-refractivity contribution in [3.63, 3.8) is 0 Å². The van der Waals surface area contributed by atoms with Crippen LogP contribution in [-0.4, -0.2) is 27.5 Å². The summed E-state index contributed by atoms with van der Waals surface area (Å²) in [4.78, 5) is 34.0. The molecule has 31 heavy (non-hydrogen) atoms. The minimum atomic E-state index is -0.327. The number of aryl methyl sites for hydroxylation is 2. The second-order valence-electron chi connectivity index (χ2n) is 7.40. The molecule has 2 aromatic heterocycles. The van der Waals surface area contributed by atoms with Gasteiger partial charge in [-0.05, 0) is 37.5 Å². The van der Waals surface area contributed by atoms with E-state index in [4.69, 9.17) is 5.73 Å². The number of aromatic nitrogens is 3. The van der Waals surface area contributed by atoms with E-state index in [-0.39, 0.29) is 29.7 Å². The normalized spacial score (nSPS) is 11.7. The van der Waals surface area contributed by atoms with Gasteiger partial charge in [0.15, 0.2) is 11.6 Å². The number of hydrogen-bond acceptors (Lipinski definition) is 6. The molecule has 162 valence electrons. The minimum absolute atomic E-state index is 0.0560. The number of amides is 1. The van der Waals surface area contributed by atoms with Gasteiger partial charge in [-0.15, -0.1) is 0 Å². The summed E-state index contributed by atoms with van der Waals surface area (Å²) in [5.74, 6) is 0.431. The molecule has 2 heterocycles. The molecule has 0 radical (unpaired) electrons. The number of nitrogens with two attached hydrogens (primary N) is 1. The summed E-state index contributed by atoms with van der Waals surface area (Å²) in [6.45, 7) is 5.62. The van der Waals surface area contributed by atoms with E-state index in [1.807, 2.05) is 37.3 Å². The minimum Gasteiger partial charge on any atom is -0.396 e. The van der Waals surface area contributed by atoms with Crippen molar-refractivity contribution in [2.45, 2.75) is 39.7 Å². The van der Waals surface area contributed by atoms with Gasteiger partial charge in [0.05, 0.1) is 18.2 Å². The zero-order valence-electron chi connectivity index (χ0n) is 18.3. The Kier molecular flexibility index (Phi) is 6.69. The smallest absolute Gasteiger partial charge is 0.299 e. The van der Waals surface area contributed by atoms with Gasteiger partial charge in [-0.3, -0.25) is 14.2 Å². The number of benzene rings is 1. The lowest BCUT2D eigenvalue weighted by atomic mass is 10.0. The first-order valence-electron chi connectivity index (χ1n) is 10.2. The van der Waals surface area contributed by atoms with Gasteiger partial charge in [-0.2, -0.15) is 0 Å². The summed E-state index contributed by atoms with van der Waals surface area (Å²) in [6, 6.07) is 11.6. The molecule has 3 rings (SSSR count). The highest BCUT2D eigenvalue weighted by atomic mass is 16.1. The zero-order chi connectivity index (χ0) is 22.5. The average Bonchev–Trinajstić information content (AvgIpc) is 2.77. The van der Waals surface area contributed by atoms with Crippen molar-refractivity contribution in [2.24, 2.45) is 0 Å². The van der Waals surface area contributed by atoms with Crippen molar-refractivity contribution in [1.29, 1.82) is 0 Å². The van der Waals surface area contributed by atoms with Gasteiger partial charge in [0.2, 0.25) is 5.91 Å². The highest BCUT2D eigenvalue weighted by Gasteiger charge is 2.18. The molecule has 4 N–H and O–H groups in total. The summed E-state index contributed by atoms with van der Waals surface area (Å²) in [6.07, 6.45) is 2.58. The van der Waals surface area contributed by atoms with E-state index in [0.717, 1.165) is 12.0 Å². The van der Waals surface area contributed by atoms with Gasteiger partial charge in [0.25, 0.3) is 5.56 Å². The molecular weight excluding hydrogens is 392 g/mol. The third kappa shape index (κ3) is 4.74.